The molecule has 0 aliphatic rings. The van der Waals surface area contributed by atoms with Crippen LogP contribution in [0.3, 0.4) is 0 Å². The number of rotatable bonds is 5. The van der Waals surface area contributed by atoms with Crippen molar-refractivity contribution >= 4 is 27.3 Å². The minimum atomic E-state index is -0.415. The zero-order valence-corrected chi connectivity index (χ0v) is 12.4. The van der Waals surface area contributed by atoms with Crippen molar-refractivity contribution < 1.29 is 9.66 Å². The average Bonchev–Trinajstić information content (AvgIpc) is 2.44. The topological polar surface area (TPSA) is 64.4 Å². The maximum Gasteiger partial charge on any atom is 0.270 e. The summed E-state index contributed by atoms with van der Waals surface area (Å²) in [5.41, 5.74) is 1.71. The summed E-state index contributed by atoms with van der Waals surface area (Å²) >= 11 is 3.39. The molecule has 0 fully saturated rings. The number of anilines is 1. The lowest BCUT2D eigenvalue weighted by Gasteiger charge is -2.10. The van der Waals surface area contributed by atoms with E-state index in [0.29, 0.717) is 12.3 Å². The SMILES string of the molecule is COc1ccc([N+](=O)[O-])cc1CNc1cccc(Br)c1. The summed E-state index contributed by atoms with van der Waals surface area (Å²) < 4.78 is 6.19. The normalized spacial score (nSPS) is 10.1. The summed E-state index contributed by atoms with van der Waals surface area (Å²) in [5.74, 6) is 0.623. The van der Waals surface area contributed by atoms with Crippen LogP contribution in [0.15, 0.2) is 46.9 Å². The summed E-state index contributed by atoms with van der Waals surface area (Å²) in [6, 6.07) is 12.3. The average molecular weight is 337 g/mol. The Hall–Kier alpha value is -2.08. The Morgan fingerprint density at radius 2 is 2.10 bits per heavy atom. The number of nitro benzene ring substituents is 1. The minimum Gasteiger partial charge on any atom is -0.496 e. The van der Waals surface area contributed by atoms with Gasteiger partial charge in [-0.15, -0.1) is 0 Å². The molecule has 0 unspecified atom stereocenters. The zero-order chi connectivity index (χ0) is 14.5. The summed E-state index contributed by atoms with van der Waals surface area (Å²) in [7, 11) is 1.55. The van der Waals surface area contributed by atoms with Crippen LogP contribution in [0.4, 0.5) is 11.4 Å². The number of ether oxygens (including phenoxy) is 1. The molecule has 0 aliphatic carbocycles. The van der Waals surface area contributed by atoms with Gasteiger partial charge in [-0.1, -0.05) is 22.0 Å². The number of halogens is 1. The second-order valence-electron chi connectivity index (χ2n) is 4.12. The van der Waals surface area contributed by atoms with Gasteiger partial charge >= 0.3 is 0 Å². The first-order valence-electron chi connectivity index (χ1n) is 5.91. The molecule has 0 bridgehead atoms. The third-order valence-electron chi connectivity index (χ3n) is 2.78. The number of hydrogen-bond acceptors (Lipinski definition) is 4. The molecule has 104 valence electrons. The molecule has 2 aromatic rings. The van der Waals surface area contributed by atoms with Crippen LogP contribution >= 0.6 is 15.9 Å². The van der Waals surface area contributed by atoms with Gasteiger partial charge in [0.1, 0.15) is 5.75 Å². The maximum atomic E-state index is 10.8. The highest BCUT2D eigenvalue weighted by molar-refractivity contribution is 9.10. The van der Waals surface area contributed by atoms with Gasteiger partial charge in [0.2, 0.25) is 0 Å². The smallest absolute Gasteiger partial charge is 0.270 e. The first-order chi connectivity index (χ1) is 9.60. The molecule has 1 N–H and O–H groups in total. The molecule has 0 spiro atoms. The van der Waals surface area contributed by atoms with Crippen LogP contribution in [0, 0.1) is 10.1 Å². The van der Waals surface area contributed by atoms with Crippen LogP contribution in [-0.4, -0.2) is 12.0 Å². The Morgan fingerprint density at radius 3 is 2.75 bits per heavy atom. The van der Waals surface area contributed by atoms with E-state index >= 15 is 0 Å². The molecule has 0 saturated heterocycles. The zero-order valence-electron chi connectivity index (χ0n) is 10.8. The van der Waals surface area contributed by atoms with E-state index in [0.717, 1.165) is 15.7 Å². The molecular formula is C14H13BrN2O3. The summed E-state index contributed by atoms with van der Waals surface area (Å²) in [6.45, 7) is 0.446. The van der Waals surface area contributed by atoms with Crippen molar-refractivity contribution in [3.63, 3.8) is 0 Å². The monoisotopic (exact) mass is 336 g/mol. The van der Waals surface area contributed by atoms with Crippen LogP contribution in [-0.2, 0) is 6.54 Å². The van der Waals surface area contributed by atoms with Gasteiger partial charge in [0.25, 0.3) is 5.69 Å². The fraction of sp³-hybridized carbons (Fsp3) is 0.143. The van der Waals surface area contributed by atoms with Crippen molar-refractivity contribution in [2.24, 2.45) is 0 Å². The third-order valence-corrected chi connectivity index (χ3v) is 3.28. The van der Waals surface area contributed by atoms with Crippen molar-refractivity contribution in [3.8, 4) is 5.75 Å². The van der Waals surface area contributed by atoms with Crippen LogP contribution in [0.1, 0.15) is 5.56 Å². The van der Waals surface area contributed by atoms with E-state index in [1.54, 1.807) is 13.2 Å². The van der Waals surface area contributed by atoms with E-state index in [1.165, 1.54) is 12.1 Å². The molecule has 0 radical (unpaired) electrons. The number of nitrogens with zero attached hydrogens (tertiary/aromatic N) is 1. The van der Waals surface area contributed by atoms with E-state index in [4.69, 9.17) is 4.74 Å². The Morgan fingerprint density at radius 1 is 1.30 bits per heavy atom. The highest BCUT2D eigenvalue weighted by Crippen LogP contribution is 2.25. The van der Waals surface area contributed by atoms with Gasteiger partial charge < -0.3 is 10.1 Å². The summed E-state index contributed by atoms with van der Waals surface area (Å²) in [6.07, 6.45) is 0. The van der Waals surface area contributed by atoms with Gasteiger partial charge in [-0.05, 0) is 24.3 Å². The fourth-order valence-corrected chi connectivity index (χ4v) is 2.21. The highest BCUT2D eigenvalue weighted by atomic mass is 79.9. The molecule has 0 aliphatic heterocycles. The molecule has 20 heavy (non-hydrogen) atoms. The lowest BCUT2D eigenvalue weighted by molar-refractivity contribution is -0.384. The molecule has 2 rings (SSSR count). The predicted octanol–water partition coefficient (Wildman–Crippen LogP) is 3.98. The van der Waals surface area contributed by atoms with Gasteiger partial charge in [-0.25, -0.2) is 0 Å². The minimum absolute atomic E-state index is 0.0526. The van der Waals surface area contributed by atoms with Gasteiger partial charge in [-0.2, -0.15) is 0 Å². The van der Waals surface area contributed by atoms with E-state index in [9.17, 15) is 10.1 Å². The van der Waals surface area contributed by atoms with Crippen molar-refractivity contribution in [3.05, 3.63) is 62.6 Å². The molecular weight excluding hydrogens is 324 g/mol. The van der Waals surface area contributed by atoms with Gasteiger partial charge in [-0.3, -0.25) is 10.1 Å². The molecule has 5 nitrogen and oxygen atoms in total. The second kappa shape index (κ2) is 6.38. The second-order valence-corrected chi connectivity index (χ2v) is 5.03. The Bertz CT molecular complexity index is 632. The van der Waals surface area contributed by atoms with Crippen molar-refractivity contribution in [2.75, 3.05) is 12.4 Å². The van der Waals surface area contributed by atoms with Crippen molar-refractivity contribution in [1.82, 2.24) is 0 Å². The van der Waals surface area contributed by atoms with E-state index in [2.05, 4.69) is 21.2 Å². The van der Waals surface area contributed by atoms with E-state index < -0.39 is 4.92 Å². The molecule has 0 saturated carbocycles. The number of hydrogen-bond donors (Lipinski definition) is 1. The van der Waals surface area contributed by atoms with Crippen molar-refractivity contribution in [2.45, 2.75) is 6.54 Å². The molecule has 2 aromatic carbocycles. The van der Waals surface area contributed by atoms with Gasteiger partial charge in [0.05, 0.1) is 12.0 Å². The summed E-state index contributed by atoms with van der Waals surface area (Å²) in [5, 5.41) is 14.0. The number of non-ortho nitro benzene ring substituents is 1. The number of nitro groups is 1. The Labute approximate surface area is 124 Å². The quantitative estimate of drug-likeness (QED) is 0.662. The van der Waals surface area contributed by atoms with E-state index in [-0.39, 0.29) is 5.69 Å². The Balaban J connectivity index is 2.19. The first-order valence-corrected chi connectivity index (χ1v) is 6.70. The van der Waals surface area contributed by atoms with E-state index in [1.807, 2.05) is 24.3 Å². The highest BCUT2D eigenvalue weighted by Gasteiger charge is 2.11. The summed E-state index contributed by atoms with van der Waals surface area (Å²) in [4.78, 5) is 10.4. The van der Waals surface area contributed by atoms with Crippen LogP contribution < -0.4 is 10.1 Å². The van der Waals surface area contributed by atoms with Crippen LogP contribution in [0.5, 0.6) is 5.75 Å². The molecule has 0 aromatic heterocycles. The number of benzene rings is 2. The predicted molar refractivity (Wildman–Crippen MR) is 81.1 cm³/mol. The lowest BCUT2D eigenvalue weighted by Crippen LogP contribution is -2.02. The maximum absolute atomic E-state index is 10.8. The Kier molecular flexibility index (Phi) is 4.57. The molecule has 0 amide bonds. The first kappa shape index (κ1) is 14.3. The standard InChI is InChI=1S/C14H13BrN2O3/c1-20-14-6-5-13(17(18)19)7-10(14)9-16-12-4-2-3-11(15)8-12/h2-8,16H,9H2,1H3. The van der Waals surface area contributed by atoms with Crippen LogP contribution in [0.25, 0.3) is 0 Å². The third kappa shape index (κ3) is 3.48. The van der Waals surface area contributed by atoms with Gasteiger partial charge in [0.15, 0.2) is 0 Å². The van der Waals surface area contributed by atoms with Crippen LogP contribution in [0.2, 0.25) is 0 Å². The fourth-order valence-electron chi connectivity index (χ4n) is 1.81. The lowest BCUT2D eigenvalue weighted by atomic mass is 10.1. The number of nitrogens with one attached hydrogen (secondary N) is 1. The molecule has 0 heterocycles. The van der Waals surface area contributed by atoms with Crippen molar-refractivity contribution in [1.29, 1.82) is 0 Å². The molecule has 6 heteroatoms. The number of methoxy groups -OCH3 is 1. The molecule has 0 atom stereocenters. The largest absolute Gasteiger partial charge is 0.496 e. The van der Waals surface area contributed by atoms with Gasteiger partial charge in [0, 0.05) is 34.4 Å².